The molecular weight excluding hydrogens is 502 g/mol. The van der Waals surface area contributed by atoms with Gasteiger partial charge in [0.15, 0.2) is 0 Å². The summed E-state index contributed by atoms with van der Waals surface area (Å²) < 4.78 is 4.81. The minimum atomic E-state index is -0.739. The second-order valence-electron chi connectivity index (χ2n) is 9.24. The summed E-state index contributed by atoms with van der Waals surface area (Å²) in [5.74, 6) is -0.831. The lowest BCUT2D eigenvalue weighted by Crippen LogP contribution is -2.41. The Hall–Kier alpha value is -3.74. The third-order valence-corrected chi connectivity index (χ3v) is 5.89. The summed E-state index contributed by atoms with van der Waals surface area (Å²) in [6.07, 6.45) is 33.6. The Morgan fingerprint density at radius 3 is 2.08 bits per heavy atom. The number of esters is 1. The molecule has 0 radical (unpaired) electrons. The molecule has 1 atom stereocenters. The quantitative estimate of drug-likeness (QED) is 0.103. The van der Waals surface area contributed by atoms with Gasteiger partial charge >= 0.3 is 5.97 Å². The number of nitrogens with one attached hydrogen (secondary N) is 2. The molecule has 0 fully saturated rings. The monoisotopic (exact) mass is 549 g/mol. The Balaban J connectivity index is 2.08. The van der Waals surface area contributed by atoms with Crippen molar-refractivity contribution in [2.75, 3.05) is 13.7 Å². The second kappa shape index (κ2) is 24.3. The molecular formula is C33H47N3O4. The van der Waals surface area contributed by atoms with Gasteiger partial charge in [-0.25, -0.2) is 4.79 Å². The third kappa shape index (κ3) is 18.5. The molecule has 2 N–H and O–H groups in total. The molecule has 1 heterocycles. The van der Waals surface area contributed by atoms with Crippen LogP contribution in [-0.4, -0.2) is 42.5 Å². The standard InChI is InChI=1S/C33H47N3O4/c1-3-4-5-6-7-8-9-10-11-12-13-14-15-16-17-18-19-25-31(37)35-27-21-20-24-30(33(39)40-2)36-32(38)29-23-22-26-34-28-29/h4-5,7-8,10-11,13-14,16-17,22-23,26,28,30H,3,6,9,12,15,18-21,24-25,27H2,1-2H3,(H,35,37)(H,36,38)/t30-/m0/s1. The SMILES string of the molecule is CCC=CCC=CCC=CCC=CCC=CCCCC(=O)NCCCC[C@H](NC(=O)c1cccnc1)C(=O)OC. The molecule has 1 aromatic rings. The number of carbonyl (C=O) groups excluding carboxylic acids is 3. The summed E-state index contributed by atoms with van der Waals surface area (Å²) in [5, 5.41) is 5.62. The molecule has 0 saturated carbocycles. The average Bonchev–Trinajstić information content (AvgIpc) is 2.97. The minimum Gasteiger partial charge on any atom is -0.467 e. The van der Waals surface area contributed by atoms with Crippen LogP contribution in [0.25, 0.3) is 0 Å². The zero-order valence-corrected chi connectivity index (χ0v) is 24.2. The highest BCUT2D eigenvalue weighted by atomic mass is 16.5. The van der Waals surface area contributed by atoms with Gasteiger partial charge in [-0.2, -0.15) is 0 Å². The van der Waals surface area contributed by atoms with Crippen molar-refractivity contribution >= 4 is 17.8 Å². The molecule has 2 amide bonds. The van der Waals surface area contributed by atoms with Crippen molar-refractivity contribution in [2.24, 2.45) is 0 Å². The van der Waals surface area contributed by atoms with Gasteiger partial charge < -0.3 is 15.4 Å². The summed E-state index contributed by atoms with van der Waals surface area (Å²) in [6.45, 7) is 2.68. The van der Waals surface area contributed by atoms with E-state index in [-0.39, 0.29) is 11.8 Å². The number of allylic oxidation sites excluding steroid dienone is 10. The first-order valence-corrected chi connectivity index (χ1v) is 14.4. The first-order chi connectivity index (χ1) is 19.6. The van der Waals surface area contributed by atoms with Crippen LogP contribution in [0, 0.1) is 0 Å². The number of methoxy groups -OCH3 is 1. The molecule has 0 aromatic carbocycles. The topological polar surface area (TPSA) is 97.4 Å². The second-order valence-corrected chi connectivity index (χ2v) is 9.24. The lowest BCUT2D eigenvalue weighted by atomic mass is 10.1. The maximum atomic E-state index is 12.3. The maximum Gasteiger partial charge on any atom is 0.328 e. The van der Waals surface area contributed by atoms with Crippen LogP contribution >= 0.6 is 0 Å². The molecule has 0 bridgehead atoms. The molecule has 7 heteroatoms. The van der Waals surface area contributed by atoms with E-state index in [1.165, 1.54) is 13.3 Å². The molecule has 0 aliphatic heterocycles. The zero-order chi connectivity index (χ0) is 29.1. The maximum absolute atomic E-state index is 12.3. The summed E-state index contributed by atoms with van der Waals surface area (Å²) in [5.41, 5.74) is 0.383. The Morgan fingerprint density at radius 1 is 0.875 bits per heavy atom. The molecule has 1 rings (SSSR count). The Kier molecular flexibility index (Phi) is 20.8. The van der Waals surface area contributed by atoms with Crippen LogP contribution in [0.4, 0.5) is 0 Å². The highest BCUT2D eigenvalue weighted by Gasteiger charge is 2.21. The molecule has 40 heavy (non-hydrogen) atoms. The number of hydrogen-bond donors (Lipinski definition) is 2. The highest BCUT2D eigenvalue weighted by Crippen LogP contribution is 2.06. The van der Waals surface area contributed by atoms with Gasteiger partial charge in [0.2, 0.25) is 5.91 Å². The van der Waals surface area contributed by atoms with E-state index >= 15 is 0 Å². The number of amides is 2. The van der Waals surface area contributed by atoms with Gasteiger partial charge in [-0.1, -0.05) is 67.7 Å². The lowest BCUT2D eigenvalue weighted by Gasteiger charge is -2.16. The lowest BCUT2D eigenvalue weighted by molar-refractivity contribution is -0.143. The van der Waals surface area contributed by atoms with Crippen molar-refractivity contribution in [2.45, 2.75) is 83.6 Å². The number of pyridine rings is 1. The summed E-state index contributed by atoms with van der Waals surface area (Å²) in [6, 6.07) is 2.55. The summed E-state index contributed by atoms with van der Waals surface area (Å²) >= 11 is 0. The Labute approximate surface area is 240 Å². The number of rotatable bonds is 21. The van der Waals surface area contributed by atoms with E-state index in [0.29, 0.717) is 37.8 Å². The molecule has 0 unspecified atom stereocenters. The highest BCUT2D eigenvalue weighted by molar-refractivity contribution is 5.96. The van der Waals surface area contributed by atoms with E-state index in [1.54, 1.807) is 18.3 Å². The van der Waals surface area contributed by atoms with Crippen LogP contribution in [0.2, 0.25) is 0 Å². The van der Waals surface area contributed by atoms with Crippen molar-refractivity contribution in [3.8, 4) is 0 Å². The molecule has 0 aliphatic carbocycles. The largest absolute Gasteiger partial charge is 0.467 e. The molecule has 7 nitrogen and oxygen atoms in total. The Morgan fingerprint density at radius 2 is 1.50 bits per heavy atom. The van der Waals surface area contributed by atoms with Crippen LogP contribution in [-0.2, 0) is 14.3 Å². The van der Waals surface area contributed by atoms with Gasteiger partial charge in [0.05, 0.1) is 12.7 Å². The van der Waals surface area contributed by atoms with Gasteiger partial charge in [-0.05, 0) is 76.3 Å². The van der Waals surface area contributed by atoms with E-state index in [1.807, 2.05) is 0 Å². The van der Waals surface area contributed by atoms with Gasteiger partial charge in [0, 0.05) is 25.4 Å². The first kappa shape index (κ1) is 34.3. The van der Waals surface area contributed by atoms with E-state index in [0.717, 1.165) is 44.9 Å². The molecule has 0 saturated heterocycles. The fraction of sp³-hybridized carbons (Fsp3) is 0.455. The summed E-state index contributed by atoms with van der Waals surface area (Å²) in [4.78, 5) is 40.3. The number of nitrogens with zero attached hydrogens (tertiary/aromatic N) is 1. The number of hydrogen-bond acceptors (Lipinski definition) is 5. The van der Waals surface area contributed by atoms with E-state index in [4.69, 9.17) is 4.74 Å². The molecule has 0 spiro atoms. The fourth-order valence-electron chi connectivity index (χ4n) is 3.67. The minimum absolute atomic E-state index is 0.0294. The van der Waals surface area contributed by atoms with Gasteiger partial charge in [-0.15, -0.1) is 0 Å². The molecule has 218 valence electrons. The van der Waals surface area contributed by atoms with Crippen molar-refractivity contribution in [1.29, 1.82) is 0 Å². The van der Waals surface area contributed by atoms with Crippen LogP contribution in [0.3, 0.4) is 0 Å². The predicted octanol–water partition coefficient (Wildman–Crippen LogP) is 6.56. The fourth-order valence-corrected chi connectivity index (χ4v) is 3.67. The Bertz CT molecular complexity index is 981. The normalized spacial score (nSPS) is 12.7. The predicted molar refractivity (Wildman–Crippen MR) is 163 cm³/mol. The molecule has 0 aliphatic rings. The number of carbonyl (C=O) groups is 3. The van der Waals surface area contributed by atoms with Crippen LogP contribution in [0.1, 0.15) is 87.9 Å². The van der Waals surface area contributed by atoms with E-state index in [2.05, 4.69) is 83.3 Å². The van der Waals surface area contributed by atoms with Crippen LogP contribution in [0.15, 0.2) is 85.3 Å². The third-order valence-electron chi connectivity index (χ3n) is 5.89. The van der Waals surface area contributed by atoms with Crippen molar-refractivity contribution in [3.05, 3.63) is 90.9 Å². The van der Waals surface area contributed by atoms with Gasteiger partial charge in [0.25, 0.3) is 5.91 Å². The number of ether oxygens (including phenoxy) is 1. The number of aromatic nitrogens is 1. The number of unbranched alkanes of at least 4 members (excludes halogenated alkanes) is 2. The smallest absolute Gasteiger partial charge is 0.328 e. The van der Waals surface area contributed by atoms with E-state index in [9.17, 15) is 14.4 Å². The first-order valence-electron chi connectivity index (χ1n) is 14.4. The van der Waals surface area contributed by atoms with Crippen molar-refractivity contribution < 1.29 is 19.1 Å². The molecule has 1 aromatic heterocycles. The van der Waals surface area contributed by atoms with Crippen molar-refractivity contribution in [1.82, 2.24) is 15.6 Å². The van der Waals surface area contributed by atoms with Gasteiger partial charge in [0.1, 0.15) is 6.04 Å². The van der Waals surface area contributed by atoms with E-state index < -0.39 is 12.0 Å². The summed E-state index contributed by atoms with van der Waals surface area (Å²) in [7, 11) is 1.30. The average molecular weight is 550 g/mol. The zero-order valence-electron chi connectivity index (χ0n) is 24.2. The van der Waals surface area contributed by atoms with Gasteiger partial charge in [-0.3, -0.25) is 14.6 Å². The van der Waals surface area contributed by atoms with Crippen molar-refractivity contribution in [3.63, 3.8) is 0 Å². The van der Waals surface area contributed by atoms with Crippen LogP contribution < -0.4 is 10.6 Å². The van der Waals surface area contributed by atoms with Crippen LogP contribution in [0.5, 0.6) is 0 Å².